The van der Waals surface area contributed by atoms with Crippen molar-refractivity contribution in [3.05, 3.63) is 33.8 Å². The van der Waals surface area contributed by atoms with Gasteiger partial charge in [-0.2, -0.15) is 0 Å². The minimum atomic E-state index is -0.750. The smallest absolute Gasteiger partial charge is 0.251 e. The summed E-state index contributed by atoms with van der Waals surface area (Å²) in [5.74, 6) is -0.644. The molecular formula is C13H17BrN2O2. The van der Waals surface area contributed by atoms with E-state index in [9.17, 15) is 9.59 Å². The number of hydrogen-bond donors (Lipinski definition) is 2. The summed E-state index contributed by atoms with van der Waals surface area (Å²) in [6.45, 7) is 5.52. The molecule has 0 aliphatic carbocycles. The largest absolute Gasteiger partial charge is 0.369 e. The van der Waals surface area contributed by atoms with Gasteiger partial charge in [0.25, 0.3) is 5.91 Å². The van der Waals surface area contributed by atoms with E-state index in [1.54, 1.807) is 26.0 Å². The van der Waals surface area contributed by atoms with Gasteiger partial charge < -0.3 is 11.1 Å². The van der Waals surface area contributed by atoms with Gasteiger partial charge in [0.05, 0.1) is 5.41 Å². The van der Waals surface area contributed by atoms with Gasteiger partial charge in [-0.3, -0.25) is 9.59 Å². The number of primary amides is 1. The molecule has 0 spiro atoms. The first-order valence-corrected chi connectivity index (χ1v) is 6.37. The Balaban J connectivity index is 2.72. The predicted octanol–water partition coefficient (Wildman–Crippen LogP) is 2.00. The molecule has 0 aromatic heterocycles. The van der Waals surface area contributed by atoms with Gasteiger partial charge in [-0.05, 0) is 44.5 Å². The lowest BCUT2D eigenvalue weighted by molar-refractivity contribution is -0.125. The Bertz CT molecular complexity index is 484. The van der Waals surface area contributed by atoms with E-state index in [-0.39, 0.29) is 12.5 Å². The molecule has 3 N–H and O–H groups in total. The highest BCUT2D eigenvalue weighted by Crippen LogP contribution is 2.17. The molecule has 0 radical (unpaired) electrons. The van der Waals surface area contributed by atoms with Crippen molar-refractivity contribution in [2.24, 2.45) is 11.1 Å². The topological polar surface area (TPSA) is 72.2 Å². The number of carbonyl (C=O) groups excluding carboxylic acids is 2. The summed E-state index contributed by atoms with van der Waals surface area (Å²) in [5, 5.41) is 2.71. The van der Waals surface area contributed by atoms with Gasteiger partial charge in [0.1, 0.15) is 0 Å². The molecule has 1 aromatic carbocycles. The number of nitrogens with two attached hydrogens (primary N) is 1. The number of nitrogens with one attached hydrogen (secondary N) is 1. The molecule has 0 aliphatic rings. The molecule has 0 aliphatic heterocycles. The summed E-state index contributed by atoms with van der Waals surface area (Å²) in [4.78, 5) is 23.0. The molecule has 5 heteroatoms. The standard InChI is InChI=1S/C13H17BrN2O2/c1-8-6-9(4-5-10(8)14)11(17)16-7-13(2,3)12(15)18/h4-6H,7H2,1-3H3,(H2,15,18)(H,16,17). The Morgan fingerprint density at radius 3 is 2.50 bits per heavy atom. The molecule has 0 heterocycles. The van der Waals surface area contributed by atoms with Crippen molar-refractivity contribution in [1.29, 1.82) is 0 Å². The van der Waals surface area contributed by atoms with E-state index in [1.807, 2.05) is 13.0 Å². The van der Waals surface area contributed by atoms with Crippen LogP contribution >= 0.6 is 15.9 Å². The Kier molecular flexibility index (Phi) is 4.51. The number of benzene rings is 1. The van der Waals surface area contributed by atoms with E-state index in [4.69, 9.17) is 5.73 Å². The zero-order valence-corrected chi connectivity index (χ0v) is 12.3. The summed E-state index contributed by atoms with van der Waals surface area (Å²) in [6, 6.07) is 5.34. The van der Waals surface area contributed by atoms with E-state index in [2.05, 4.69) is 21.2 Å². The second kappa shape index (κ2) is 5.52. The molecule has 0 saturated heterocycles. The van der Waals surface area contributed by atoms with Crippen LogP contribution in [0.1, 0.15) is 29.8 Å². The minimum absolute atomic E-state index is 0.208. The lowest BCUT2D eigenvalue weighted by Crippen LogP contribution is -2.42. The van der Waals surface area contributed by atoms with Crippen LogP contribution in [0.3, 0.4) is 0 Å². The van der Waals surface area contributed by atoms with Crippen LogP contribution in [0.25, 0.3) is 0 Å². The van der Waals surface area contributed by atoms with E-state index in [0.717, 1.165) is 10.0 Å². The van der Waals surface area contributed by atoms with Gasteiger partial charge in [-0.15, -0.1) is 0 Å². The van der Waals surface area contributed by atoms with Crippen LogP contribution in [0.2, 0.25) is 0 Å². The van der Waals surface area contributed by atoms with Crippen LogP contribution in [0, 0.1) is 12.3 Å². The Hall–Kier alpha value is -1.36. The molecule has 18 heavy (non-hydrogen) atoms. The predicted molar refractivity (Wildman–Crippen MR) is 74.2 cm³/mol. The zero-order chi connectivity index (χ0) is 13.9. The lowest BCUT2D eigenvalue weighted by atomic mass is 9.92. The molecule has 1 rings (SSSR count). The second-order valence-corrected chi connectivity index (χ2v) is 5.75. The quantitative estimate of drug-likeness (QED) is 0.892. The Labute approximate surface area is 115 Å². The van der Waals surface area contributed by atoms with Crippen molar-refractivity contribution < 1.29 is 9.59 Å². The van der Waals surface area contributed by atoms with Crippen molar-refractivity contribution in [3.63, 3.8) is 0 Å². The first kappa shape index (κ1) is 14.7. The first-order chi connectivity index (χ1) is 8.24. The average molecular weight is 313 g/mol. The molecule has 0 bridgehead atoms. The van der Waals surface area contributed by atoms with Crippen molar-refractivity contribution >= 4 is 27.7 Å². The lowest BCUT2D eigenvalue weighted by Gasteiger charge is -2.20. The van der Waals surface area contributed by atoms with Crippen LogP contribution in [0.5, 0.6) is 0 Å². The molecule has 0 unspecified atom stereocenters. The fourth-order valence-electron chi connectivity index (χ4n) is 1.28. The molecule has 0 saturated carbocycles. The highest BCUT2D eigenvalue weighted by atomic mass is 79.9. The summed E-state index contributed by atoms with van der Waals surface area (Å²) in [5.41, 5.74) is 6.04. The van der Waals surface area contributed by atoms with E-state index in [1.165, 1.54) is 0 Å². The fraction of sp³-hybridized carbons (Fsp3) is 0.385. The number of rotatable bonds is 4. The van der Waals surface area contributed by atoms with Gasteiger partial charge in [0.15, 0.2) is 0 Å². The number of amides is 2. The highest BCUT2D eigenvalue weighted by Gasteiger charge is 2.25. The van der Waals surface area contributed by atoms with E-state index in [0.29, 0.717) is 5.56 Å². The molecule has 0 fully saturated rings. The third-order valence-electron chi connectivity index (χ3n) is 2.78. The number of carbonyl (C=O) groups is 2. The Morgan fingerprint density at radius 2 is 2.00 bits per heavy atom. The summed E-state index contributed by atoms with van der Waals surface area (Å²) in [7, 11) is 0. The van der Waals surface area contributed by atoms with E-state index < -0.39 is 11.3 Å². The maximum absolute atomic E-state index is 11.9. The zero-order valence-electron chi connectivity index (χ0n) is 10.7. The van der Waals surface area contributed by atoms with Crippen LogP contribution in [-0.4, -0.2) is 18.4 Å². The Morgan fingerprint density at radius 1 is 1.39 bits per heavy atom. The summed E-state index contributed by atoms with van der Waals surface area (Å²) in [6.07, 6.45) is 0. The molecule has 98 valence electrons. The van der Waals surface area contributed by atoms with Gasteiger partial charge in [-0.1, -0.05) is 15.9 Å². The normalized spacial score (nSPS) is 11.1. The van der Waals surface area contributed by atoms with Gasteiger partial charge in [0.2, 0.25) is 5.91 Å². The maximum Gasteiger partial charge on any atom is 0.251 e. The monoisotopic (exact) mass is 312 g/mol. The molecule has 4 nitrogen and oxygen atoms in total. The second-order valence-electron chi connectivity index (χ2n) is 4.89. The van der Waals surface area contributed by atoms with Crippen molar-refractivity contribution in [1.82, 2.24) is 5.32 Å². The van der Waals surface area contributed by atoms with Gasteiger partial charge in [0, 0.05) is 16.6 Å². The molecular weight excluding hydrogens is 296 g/mol. The summed E-state index contributed by atoms with van der Waals surface area (Å²) < 4.78 is 0.955. The SMILES string of the molecule is Cc1cc(C(=O)NCC(C)(C)C(N)=O)ccc1Br. The molecule has 2 amide bonds. The van der Waals surface area contributed by atoms with Crippen LogP contribution < -0.4 is 11.1 Å². The fourth-order valence-corrected chi connectivity index (χ4v) is 1.52. The average Bonchev–Trinajstić information content (AvgIpc) is 2.29. The molecule has 1 aromatic rings. The summed E-state index contributed by atoms with van der Waals surface area (Å²) >= 11 is 3.38. The number of halogens is 1. The van der Waals surface area contributed by atoms with Crippen LogP contribution in [0.4, 0.5) is 0 Å². The minimum Gasteiger partial charge on any atom is -0.369 e. The van der Waals surface area contributed by atoms with Crippen LogP contribution in [-0.2, 0) is 4.79 Å². The van der Waals surface area contributed by atoms with Gasteiger partial charge >= 0.3 is 0 Å². The number of hydrogen-bond acceptors (Lipinski definition) is 2. The third kappa shape index (κ3) is 3.57. The maximum atomic E-state index is 11.9. The van der Waals surface area contributed by atoms with Crippen molar-refractivity contribution in [2.75, 3.05) is 6.54 Å². The highest BCUT2D eigenvalue weighted by molar-refractivity contribution is 9.10. The first-order valence-electron chi connectivity index (χ1n) is 5.58. The van der Waals surface area contributed by atoms with Crippen LogP contribution in [0.15, 0.2) is 22.7 Å². The molecule has 0 atom stereocenters. The number of aryl methyl sites for hydroxylation is 1. The van der Waals surface area contributed by atoms with E-state index >= 15 is 0 Å². The van der Waals surface area contributed by atoms with Gasteiger partial charge in [-0.25, -0.2) is 0 Å². The third-order valence-corrected chi connectivity index (χ3v) is 3.67. The van der Waals surface area contributed by atoms with Crippen molar-refractivity contribution in [3.8, 4) is 0 Å². The van der Waals surface area contributed by atoms with Crippen molar-refractivity contribution in [2.45, 2.75) is 20.8 Å².